The maximum atomic E-state index is 12.1. The van der Waals surface area contributed by atoms with E-state index >= 15 is 0 Å². The fourth-order valence-corrected chi connectivity index (χ4v) is 4.76. The SMILES string of the molecule is COc1ccc(C(=O)c2ccccc2O)c(O)c1.COc1ccc2c(c1)OC1(O)COc3cc(OC)c(OC)cc3C1=C2. The fourth-order valence-electron chi connectivity index (χ4n) is 4.76. The molecule has 0 fully saturated rings. The van der Waals surface area contributed by atoms with Crippen molar-refractivity contribution in [2.45, 2.75) is 5.79 Å². The van der Waals surface area contributed by atoms with Crippen LogP contribution >= 0.6 is 0 Å². The second-order valence-corrected chi connectivity index (χ2v) is 9.57. The lowest BCUT2D eigenvalue weighted by atomic mass is 9.90. The highest BCUT2D eigenvalue weighted by atomic mass is 16.7. The Morgan fingerprint density at radius 1 is 0.744 bits per heavy atom. The van der Waals surface area contributed by atoms with E-state index in [1.54, 1.807) is 57.7 Å². The number of ether oxygens (including phenoxy) is 6. The molecule has 0 saturated heterocycles. The second kappa shape index (κ2) is 11.9. The largest absolute Gasteiger partial charge is 0.507 e. The van der Waals surface area contributed by atoms with Crippen LogP contribution in [0.15, 0.2) is 72.8 Å². The lowest BCUT2D eigenvalue weighted by Crippen LogP contribution is -2.47. The van der Waals surface area contributed by atoms with Crippen molar-refractivity contribution in [3.8, 4) is 46.0 Å². The van der Waals surface area contributed by atoms with Crippen LogP contribution in [0.4, 0.5) is 0 Å². The van der Waals surface area contributed by atoms with Crippen molar-refractivity contribution in [1.82, 2.24) is 0 Å². The highest BCUT2D eigenvalue weighted by Gasteiger charge is 2.44. The first-order valence-corrected chi connectivity index (χ1v) is 13.1. The summed E-state index contributed by atoms with van der Waals surface area (Å²) in [5, 5.41) is 30.4. The van der Waals surface area contributed by atoms with Gasteiger partial charge in [-0.05, 0) is 48.5 Å². The van der Waals surface area contributed by atoms with Crippen LogP contribution in [-0.4, -0.2) is 61.9 Å². The molecule has 6 rings (SSSR count). The Kier molecular flexibility index (Phi) is 8.05. The van der Waals surface area contributed by atoms with Gasteiger partial charge in [0.1, 0.15) is 34.5 Å². The Morgan fingerprint density at radius 2 is 1.40 bits per heavy atom. The first-order chi connectivity index (χ1) is 20.7. The van der Waals surface area contributed by atoms with Gasteiger partial charge in [-0.2, -0.15) is 0 Å². The number of para-hydroxylation sites is 1. The van der Waals surface area contributed by atoms with E-state index in [9.17, 15) is 20.1 Å². The predicted molar refractivity (Wildman–Crippen MR) is 158 cm³/mol. The molecule has 10 nitrogen and oxygen atoms in total. The van der Waals surface area contributed by atoms with Crippen molar-refractivity contribution in [2.24, 2.45) is 0 Å². The lowest BCUT2D eigenvalue weighted by Gasteiger charge is -2.39. The minimum atomic E-state index is -1.58. The number of phenols is 2. The molecule has 222 valence electrons. The monoisotopic (exact) mass is 586 g/mol. The van der Waals surface area contributed by atoms with Crippen LogP contribution in [0.5, 0.6) is 46.0 Å². The summed E-state index contributed by atoms with van der Waals surface area (Å²) >= 11 is 0. The number of hydrogen-bond acceptors (Lipinski definition) is 10. The average Bonchev–Trinajstić information content (AvgIpc) is 3.02. The van der Waals surface area contributed by atoms with Gasteiger partial charge in [-0.15, -0.1) is 0 Å². The van der Waals surface area contributed by atoms with Crippen molar-refractivity contribution >= 4 is 17.4 Å². The fraction of sp³-hybridized carbons (Fsp3) is 0.182. The van der Waals surface area contributed by atoms with E-state index in [-0.39, 0.29) is 29.2 Å². The van der Waals surface area contributed by atoms with Crippen LogP contribution in [0, 0.1) is 0 Å². The number of hydrogen-bond donors (Lipinski definition) is 3. The topological polar surface area (TPSA) is 133 Å². The molecule has 2 aliphatic heterocycles. The number of methoxy groups -OCH3 is 4. The Morgan fingerprint density at radius 3 is 2.07 bits per heavy atom. The molecule has 4 aromatic carbocycles. The number of aromatic hydroxyl groups is 2. The number of ketones is 1. The maximum absolute atomic E-state index is 12.1. The van der Waals surface area contributed by atoms with Crippen LogP contribution < -0.4 is 28.4 Å². The van der Waals surface area contributed by atoms with Gasteiger partial charge in [0.15, 0.2) is 23.9 Å². The van der Waals surface area contributed by atoms with Crippen molar-refractivity contribution in [2.75, 3.05) is 35.0 Å². The number of phenolic OH excluding ortho intramolecular Hbond substituents is 2. The zero-order chi connectivity index (χ0) is 30.7. The third kappa shape index (κ3) is 5.60. The molecule has 0 radical (unpaired) electrons. The van der Waals surface area contributed by atoms with E-state index in [1.807, 2.05) is 18.2 Å². The van der Waals surface area contributed by atoms with Crippen LogP contribution in [0.2, 0.25) is 0 Å². The van der Waals surface area contributed by atoms with Crippen LogP contribution in [0.3, 0.4) is 0 Å². The minimum Gasteiger partial charge on any atom is -0.507 e. The molecule has 0 saturated carbocycles. The van der Waals surface area contributed by atoms with Gasteiger partial charge < -0.3 is 43.7 Å². The van der Waals surface area contributed by atoms with E-state index in [2.05, 4.69) is 0 Å². The summed E-state index contributed by atoms with van der Waals surface area (Å²) in [6.45, 7) is -0.0298. The van der Waals surface area contributed by atoms with Crippen LogP contribution in [0.1, 0.15) is 27.0 Å². The second-order valence-electron chi connectivity index (χ2n) is 9.57. The maximum Gasteiger partial charge on any atom is 0.270 e. The molecule has 0 amide bonds. The molecule has 1 atom stereocenters. The zero-order valence-corrected chi connectivity index (χ0v) is 23.9. The molecule has 1 unspecified atom stereocenters. The van der Waals surface area contributed by atoms with Crippen LogP contribution in [0.25, 0.3) is 11.6 Å². The van der Waals surface area contributed by atoms with Crippen molar-refractivity contribution in [3.05, 3.63) is 95.1 Å². The first kappa shape index (κ1) is 29.2. The van der Waals surface area contributed by atoms with Gasteiger partial charge in [-0.1, -0.05) is 12.1 Å². The van der Waals surface area contributed by atoms with E-state index < -0.39 is 11.6 Å². The number of aliphatic hydroxyl groups is 1. The summed E-state index contributed by atoms with van der Waals surface area (Å²) in [5.41, 5.74) is 2.44. The van der Waals surface area contributed by atoms with Crippen molar-refractivity contribution < 1.29 is 48.5 Å². The number of benzene rings is 4. The standard InChI is InChI=1S/C19H18O6.C14H12O4/c1-21-12-5-4-11-6-14-13-8-17(22-2)18(23-3)9-16(13)24-10-19(14,20)25-15(11)7-12;1-18-9-6-7-11(13(16)8-9)14(17)10-4-2-3-5-12(10)15/h4-9,20H,10H2,1-3H3;2-8,15-16H,1H3. The summed E-state index contributed by atoms with van der Waals surface area (Å²) in [6, 6.07) is 19.6. The Bertz CT molecular complexity index is 1710. The average molecular weight is 587 g/mol. The lowest BCUT2D eigenvalue weighted by molar-refractivity contribution is -0.116. The number of fused-ring (bicyclic) bond motifs is 4. The van der Waals surface area contributed by atoms with Crippen LogP contribution in [-0.2, 0) is 0 Å². The van der Waals surface area contributed by atoms with Gasteiger partial charge in [0.2, 0.25) is 0 Å². The third-order valence-electron chi connectivity index (χ3n) is 7.02. The summed E-state index contributed by atoms with van der Waals surface area (Å²) < 4.78 is 32.4. The van der Waals surface area contributed by atoms with E-state index in [1.165, 1.54) is 31.4 Å². The molecule has 2 aliphatic rings. The molecule has 0 aliphatic carbocycles. The summed E-state index contributed by atoms with van der Waals surface area (Å²) in [4.78, 5) is 12.1. The highest BCUT2D eigenvalue weighted by Crippen LogP contribution is 2.49. The molecular formula is C33H30O10. The van der Waals surface area contributed by atoms with Gasteiger partial charge in [0.05, 0.1) is 39.6 Å². The Labute approximate surface area is 247 Å². The summed E-state index contributed by atoms with van der Waals surface area (Å²) in [5.74, 6) is 1.07. The molecule has 4 aromatic rings. The Balaban J connectivity index is 0.000000181. The first-order valence-electron chi connectivity index (χ1n) is 13.1. The van der Waals surface area contributed by atoms with Crippen molar-refractivity contribution in [3.63, 3.8) is 0 Å². The van der Waals surface area contributed by atoms with Gasteiger partial charge in [0, 0.05) is 34.9 Å². The smallest absolute Gasteiger partial charge is 0.270 e. The predicted octanol–water partition coefficient (Wildman–Crippen LogP) is 5.06. The third-order valence-corrected chi connectivity index (χ3v) is 7.02. The summed E-state index contributed by atoms with van der Waals surface area (Å²) in [6.07, 6.45) is 1.89. The molecule has 10 heteroatoms. The number of carbonyl (C=O) groups excluding carboxylic acids is 1. The van der Waals surface area contributed by atoms with Gasteiger partial charge in [-0.25, -0.2) is 0 Å². The van der Waals surface area contributed by atoms with E-state index in [0.717, 1.165) is 5.56 Å². The highest BCUT2D eigenvalue weighted by molar-refractivity contribution is 6.12. The Hall–Kier alpha value is -5.35. The number of carbonyl (C=O) groups is 1. The quantitative estimate of drug-likeness (QED) is 0.263. The molecular weight excluding hydrogens is 556 g/mol. The molecule has 2 heterocycles. The van der Waals surface area contributed by atoms with Gasteiger partial charge in [0.25, 0.3) is 5.79 Å². The van der Waals surface area contributed by atoms with Gasteiger partial charge in [-0.3, -0.25) is 4.79 Å². The molecule has 0 bridgehead atoms. The molecule has 0 spiro atoms. The van der Waals surface area contributed by atoms with E-state index in [0.29, 0.717) is 45.6 Å². The number of rotatable bonds is 6. The molecule has 0 aromatic heterocycles. The molecule has 3 N–H and O–H groups in total. The van der Waals surface area contributed by atoms with Crippen molar-refractivity contribution in [1.29, 1.82) is 0 Å². The van der Waals surface area contributed by atoms with Gasteiger partial charge >= 0.3 is 0 Å². The zero-order valence-electron chi connectivity index (χ0n) is 23.9. The normalized spacial score (nSPS) is 15.9. The summed E-state index contributed by atoms with van der Waals surface area (Å²) in [7, 11) is 6.18. The molecule has 43 heavy (non-hydrogen) atoms. The van der Waals surface area contributed by atoms with E-state index in [4.69, 9.17) is 28.4 Å². The minimum absolute atomic E-state index is 0.0298.